The SMILES string of the molecule is COc1ccc([C@H]2[C@H](C(C)=O)N3c4ccccc4C=C[C@@H]3C23C(=O)c2ccccc2C3=O)c(OC)c1. The summed E-state index contributed by atoms with van der Waals surface area (Å²) in [6.45, 7) is 1.53. The van der Waals surface area contributed by atoms with E-state index >= 15 is 0 Å². The van der Waals surface area contributed by atoms with Crippen molar-refractivity contribution in [3.8, 4) is 11.5 Å². The lowest BCUT2D eigenvalue weighted by Gasteiger charge is -2.37. The van der Waals surface area contributed by atoms with E-state index in [-0.39, 0.29) is 17.3 Å². The number of hydrogen-bond acceptors (Lipinski definition) is 6. The van der Waals surface area contributed by atoms with Gasteiger partial charge in [-0.05, 0) is 24.6 Å². The third kappa shape index (κ3) is 2.70. The Morgan fingerprint density at radius 3 is 2.19 bits per heavy atom. The van der Waals surface area contributed by atoms with Crippen molar-refractivity contribution in [2.24, 2.45) is 5.41 Å². The second kappa shape index (κ2) is 7.92. The van der Waals surface area contributed by atoms with Crippen LogP contribution in [-0.4, -0.2) is 43.7 Å². The largest absolute Gasteiger partial charge is 0.497 e. The van der Waals surface area contributed by atoms with Crippen LogP contribution >= 0.6 is 0 Å². The Morgan fingerprint density at radius 2 is 1.56 bits per heavy atom. The molecule has 6 heteroatoms. The van der Waals surface area contributed by atoms with E-state index in [9.17, 15) is 14.4 Å². The summed E-state index contributed by atoms with van der Waals surface area (Å²) in [6, 6.07) is 18.7. The van der Waals surface area contributed by atoms with Gasteiger partial charge in [0.15, 0.2) is 17.3 Å². The fraction of sp³-hybridized carbons (Fsp3) is 0.233. The van der Waals surface area contributed by atoms with E-state index < -0.39 is 23.4 Å². The average Bonchev–Trinajstić information content (AvgIpc) is 3.35. The van der Waals surface area contributed by atoms with E-state index in [0.29, 0.717) is 28.2 Å². The zero-order valence-corrected chi connectivity index (χ0v) is 20.2. The molecule has 3 aliphatic rings. The van der Waals surface area contributed by atoms with Gasteiger partial charge in [-0.2, -0.15) is 0 Å². The highest BCUT2D eigenvalue weighted by Gasteiger charge is 2.71. The Hall–Kier alpha value is -4.19. The van der Waals surface area contributed by atoms with Gasteiger partial charge in [0.1, 0.15) is 16.9 Å². The Balaban J connectivity index is 1.70. The molecule has 1 spiro atoms. The van der Waals surface area contributed by atoms with Gasteiger partial charge in [0.05, 0.1) is 26.3 Å². The van der Waals surface area contributed by atoms with Gasteiger partial charge in [0.25, 0.3) is 0 Å². The van der Waals surface area contributed by atoms with E-state index in [0.717, 1.165) is 11.3 Å². The molecule has 6 nitrogen and oxygen atoms in total. The van der Waals surface area contributed by atoms with Crippen molar-refractivity contribution in [2.75, 3.05) is 19.1 Å². The summed E-state index contributed by atoms with van der Waals surface area (Å²) in [5, 5.41) is 0. The molecule has 180 valence electrons. The van der Waals surface area contributed by atoms with Gasteiger partial charge < -0.3 is 14.4 Å². The highest BCUT2D eigenvalue weighted by molar-refractivity contribution is 6.32. The molecule has 6 rings (SSSR count). The standard InChI is InChI=1S/C30H25NO5/c1-17(32)27-26(22-14-13-19(35-2)16-24(22)36-3)30(28(33)20-9-5-6-10-21(20)29(30)34)25-15-12-18-8-4-7-11-23(18)31(25)27/h4-16,25-27H,1-3H3/t25-,26+,27+/m1/s1. The molecule has 3 atom stereocenters. The first kappa shape index (κ1) is 22.3. The molecule has 0 unspecified atom stereocenters. The number of rotatable bonds is 4. The number of hydrogen-bond donors (Lipinski definition) is 0. The van der Waals surface area contributed by atoms with Crippen LogP contribution in [0.1, 0.15) is 44.7 Å². The number of nitrogens with zero attached hydrogens (tertiary/aromatic N) is 1. The lowest BCUT2D eigenvalue weighted by molar-refractivity contribution is -0.118. The second-order valence-corrected chi connectivity index (χ2v) is 9.48. The summed E-state index contributed by atoms with van der Waals surface area (Å²) < 4.78 is 11.1. The predicted octanol–water partition coefficient (Wildman–Crippen LogP) is 4.73. The van der Waals surface area contributed by atoms with Crippen molar-refractivity contribution in [1.82, 2.24) is 0 Å². The van der Waals surface area contributed by atoms with Gasteiger partial charge in [-0.25, -0.2) is 0 Å². The van der Waals surface area contributed by atoms with E-state index in [1.54, 1.807) is 43.5 Å². The number of carbonyl (C=O) groups excluding carboxylic acids is 3. The molecule has 0 amide bonds. The van der Waals surface area contributed by atoms with E-state index in [1.165, 1.54) is 14.0 Å². The fourth-order valence-corrected chi connectivity index (χ4v) is 6.49. The molecule has 3 aromatic carbocycles. The van der Waals surface area contributed by atoms with Gasteiger partial charge >= 0.3 is 0 Å². The molecular formula is C30H25NO5. The third-order valence-electron chi connectivity index (χ3n) is 7.91. The smallest absolute Gasteiger partial charge is 0.180 e. The number of methoxy groups -OCH3 is 2. The fourth-order valence-electron chi connectivity index (χ4n) is 6.49. The van der Waals surface area contributed by atoms with Crippen molar-refractivity contribution in [3.05, 3.63) is 95.1 Å². The summed E-state index contributed by atoms with van der Waals surface area (Å²) in [5.74, 6) is -0.357. The van der Waals surface area contributed by atoms with Crippen LogP contribution in [0.4, 0.5) is 5.69 Å². The minimum Gasteiger partial charge on any atom is -0.497 e. The summed E-state index contributed by atoms with van der Waals surface area (Å²) in [5.41, 5.74) is 1.68. The molecule has 0 N–H and O–H groups in total. The maximum Gasteiger partial charge on any atom is 0.180 e. The lowest BCUT2D eigenvalue weighted by Crippen LogP contribution is -2.48. The molecule has 0 bridgehead atoms. The second-order valence-electron chi connectivity index (χ2n) is 9.48. The molecular weight excluding hydrogens is 454 g/mol. The number of anilines is 1. The van der Waals surface area contributed by atoms with Crippen LogP contribution < -0.4 is 14.4 Å². The van der Waals surface area contributed by atoms with Gasteiger partial charge in [-0.3, -0.25) is 14.4 Å². The molecule has 1 saturated heterocycles. The molecule has 1 fully saturated rings. The Morgan fingerprint density at radius 1 is 0.889 bits per heavy atom. The third-order valence-corrected chi connectivity index (χ3v) is 7.91. The van der Waals surface area contributed by atoms with Gasteiger partial charge in [-0.15, -0.1) is 0 Å². The number of Topliss-reactive ketones (excluding diaryl/α,β-unsaturated/α-hetero) is 3. The summed E-state index contributed by atoms with van der Waals surface area (Å²) >= 11 is 0. The lowest BCUT2D eigenvalue weighted by atomic mass is 9.64. The molecule has 2 heterocycles. The Labute approximate surface area is 209 Å². The molecule has 2 aliphatic heterocycles. The molecule has 36 heavy (non-hydrogen) atoms. The predicted molar refractivity (Wildman–Crippen MR) is 136 cm³/mol. The van der Waals surface area contributed by atoms with Crippen molar-refractivity contribution < 1.29 is 23.9 Å². The molecule has 0 aromatic heterocycles. The van der Waals surface area contributed by atoms with Crippen LogP contribution in [0.25, 0.3) is 6.08 Å². The molecule has 3 aromatic rings. The number of benzene rings is 3. The first-order chi connectivity index (χ1) is 17.4. The quantitative estimate of drug-likeness (QED) is 0.504. The minimum absolute atomic E-state index is 0.124. The summed E-state index contributed by atoms with van der Waals surface area (Å²) in [6.07, 6.45) is 3.86. The summed E-state index contributed by atoms with van der Waals surface area (Å²) in [4.78, 5) is 44.3. The number of carbonyl (C=O) groups is 3. The van der Waals surface area contributed by atoms with Crippen molar-refractivity contribution in [1.29, 1.82) is 0 Å². The average molecular weight is 480 g/mol. The highest BCUT2D eigenvalue weighted by Crippen LogP contribution is 2.61. The molecule has 0 radical (unpaired) electrons. The van der Waals surface area contributed by atoms with Crippen LogP contribution in [0, 0.1) is 5.41 Å². The van der Waals surface area contributed by atoms with E-state index in [1.807, 2.05) is 47.4 Å². The number of ether oxygens (including phenoxy) is 2. The number of fused-ring (bicyclic) bond motifs is 5. The monoisotopic (exact) mass is 479 g/mol. The number of ketones is 3. The summed E-state index contributed by atoms with van der Waals surface area (Å²) in [7, 11) is 3.10. The van der Waals surface area contributed by atoms with Crippen LogP contribution in [0.2, 0.25) is 0 Å². The topological polar surface area (TPSA) is 72.9 Å². The Kier molecular flexibility index (Phi) is 4.90. The van der Waals surface area contributed by atoms with Crippen LogP contribution in [-0.2, 0) is 4.79 Å². The first-order valence-electron chi connectivity index (χ1n) is 11.9. The van der Waals surface area contributed by atoms with Crippen molar-refractivity contribution >= 4 is 29.1 Å². The van der Waals surface area contributed by atoms with E-state index in [2.05, 4.69) is 0 Å². The van der Waals surface area contributed by atoms with Crippen LogP contribution in [0.3, 0.4) is 0 Å². The molecule has 0 saturated carbocycles. The maximum absolute atomic E-state index is 14.4. The highest BCUT2D eigenvalue weighted by atomic mass is 16.5. The minimum atomic E-state index is -1.52. The van der Waals surface area contributed by atoms with Gasteiger partial charge in [0, 0.05) is 34.4 Å². The zero-order chi connectivity index (χ0) is 25.2. The number of para-hydroxylation sites is 1. The molecule has 1 aliphatic carbocycles. The zero-order valence-electron chi connectivity index (χ0n) is 20.2. The van der Waals surface area contributed by atoms with Gasteiger partial charge in [-0.1, -0.05) is 60.7 Å². The first-order valence-corrected chi connectivity index (χ1v) is 11.9. The van der Waals surface area contributed by atoms with Crippen molar-refractivity contribution in [3.63, 3.8) is 0 Å². The Bertz CT molecular complexity index is 1440. The van der Waals surface area contributed by atoms with Crippen molar-refractivity contribution in [2.45, 2.75) is 24.9 Å². The normalized spacial score (nSPS) is 22.9. The van der Waals surface area contributed by atoms with Crippen LogP contribution in [0.15, 0.2) is 72.8 Å². The maximum atomic E-state index is 14.4. The van der Waals surface area contributed by atoms with Gasteiger partial charge in [0.2, 0.25) is 0 Å². The van der Waals surface area contributed by atoms with E-state index in [4.69, 9.17) is 9.47 Å². The van der Waals surface area contributed by atoms with Crippen LogP contribution in [0.5, 0.6) is 11.5 Å².